The van der Waals surface area contributed by atoms with E-state index in [9.17, 15) is 23.1 Å². The summed E-state index contributed by atoms with van der Waals surface area (Å²) in [7, 11) is 0. The molecule has 1 unspecified atom stereocenters. The molecule has 0 spiro atoms. The minimum Gasteiger partial charge on any atom is -0.480 e. The van der Waals surface area contributed by atoms with Crippen LogP contribution in [0.5, 0.6) is 0 Å². The average Bonchev–Trinajstić information content (AvgIpc) is 2.96. The van der Waals surface area contributed by atoms with Gasteiger partial charge in [-0.3, -0.25) is 9.47 Å². The van der Waals surface area contributed by atoms with Gasteiger partial charge in [0, 0.05) is 5.69 Å². The Morgan fingerprint density at radius 1 is 1.41 bits per heavy atom. The molecule has 0 saturated carbocycles. The van der Waals surface area contributed by atoms with Crippen molar-refractivity contribution in [3.05, 3.63) is 29.7 Å². The topological polar surface area (TPSA) is 84.1 Å². The number of carbonyl (C=O) groups is 1. The smallest absolute Gasteiger partial charge is 0.416 e. The average molecular weight is 313 g/mol. The lowest BCUT2D eigenvalue weighted by atomic mass is 10.2. The first kappa shape index (κ1) is 14.3. The van der Waals surface area contributed by atoms with Crippen LogP contribution in [-0.4, -0.2) is 36.9 Å². The summed E-state index contributed by atoms with van der Waals surface area (Å²) in [6.07, 6.45) is -3.22. The molecule has 3 rings (SSSR count). The number of aliphatic carboxylic acids is 1. The summed E-state index contributed by atoms with van der Waals surface area (Å²) < 4.78 is 40.2. The highest BCUT2D eigenvalue weighted by atomic mass is 19.4. The second kappa shape index (κ2) is 4.68. The highest BCUT2D eigenvalue weighted by Gasteiger charge is 2.39. The molecular formula is C12H10F3N5O2. The Bertz CT molecular complexity index is 743. The largest absolute Gasteiger partial charge is 0.480 e. The molecule has 10 heteroatoms. The molecule has 1 aliphatic heterocycles. The van der Waals surface area contributed by atoms with Crippen LogP contribution in [0, 0.1) is 6.92 Å². The zero-order valence-corrected chi connectivity index (χ0v) is 11.2. The van der Waals surface area contributed by atoms with E-state index in [4.69, 9.17) is 0 Å². The number of halogens is 3. The first-order valence-corrected chi connectivity index (χ1v) is 6.23. The van der Waals surface area contributed by atoms with Gasteiger partial charge in [-0.1, -0.05) is 0 Å². The fourth-order valence-corrected chi connectivity index (χ4v) is 2.36. The van der Waals surface area contributed by atoms with Crippen LogP contribution in [-0.2, 0) is 17.5 Å². The third-order valence-electron chi connectivity index (χ3n) is 3.29. The molecule has 0 aromatic carbocycles. The molecule has 1 aliphatic rings. The summed E-state index contributed by atoms with van der Waals surface area (Å²) in [5.41, 5.74) is -0.760. The van der Waals surface area contributed by atoms with Crippen molar-refractivity contribution in [2.75, 3.05) is 4.90 Å². The van der Waals surface area contributed by atoms with E-state index in [0.29, 0.717) is 0 Å². The number of rotatable bonds is 2. The Hall–Kier alpha value is -2.65. The van der Waals surface area contributed by atoms with Gasteiger partial charge in [-0.15, -0.1) is 10.2 Å². The number of fused-ring (bicyclic) bond motifs is 1. The summed E-state index contributed by atoms with van der Waals surface area (Å²) in [6.45, 7) is 1.45. The molecule has 0 amide bonds. The monoisotopic (exact) mass is 313 g/mol. The fraction of sp³-hybridized carbons (Fsp3) is 0.333. The van der Waals surface area contributed by atoms with Crippen molar-refractivity contribution in [3.63, 3.8) is 0 Å². The minimum atomic E-state index is -4.55. The molecule has 2 aromatic rings. The molecule has 0 radical (unpaired) electrons. The Kier molecular flexibility index (Phi) is 3.04. The zero-order valence-electron chi connectivity index (χ0n) is 11.2. The van der Waals surface area contributed by atoms with Crippen molar-refractivity contribution < 1.29 is 23.1 Å². The lowest BCUT2D eigenvalue weighted by Gasteiger charge is -2.22. The number of carboxylic acid groups (broad SMARTS) is 1. The van der Waals surface area contributed by atoms with Gasteiger partial charge in [-0.25, -0.2) is 9.78 Å². The van der Waals surface area contributed by atoms with Crippen LogP contribution in [0.3, 0.4) is 0 Å². The van der Waals surface area contributed by atoms with Gasteiger partial charge >= 0.3 is 12.1 Å². The highest BCUT2D eigenvalue weighted by Crippen LogP contribution is 2.36. The Balaban J connectivity index is 2.13. The van der Waals surface area contributed by atoms with Crippen molar-refractivity contribution in [1.82, 2.24) is 19.7 Å². The summed E-state index contributed by atoms with van der Waals surface area (Å²) in [4.78, 5) is 16.5. The summed E-state index contributed by atoms with van der Waals surface area (Å²) in [5.74, 6) is -1.15. The van der Waals surface area contributed by atoms with Crippen molar-refractivity contribution in [3.8, 4) is 0 Å². The number of pyridine rings is 1. The van der Waals surface area contributed by atoms with Gasteiger partial charge in [0.2, 0.25) is 5.95 Å². The van der Waals surface area contributed by atoms with E-state index in [-0.39, 0.29) is 24.0 Å². The Labute approximate surface area is 122 Å². The van der Waals surface area contributed by atoms with E-state index in [1.807, 2.05) is 0 Å². The molecule has 0 fully saturated rings. The Morgan fingerprint density at radius 2 is 2.14 bits per heavy atom. The lowest BCUT2D eigenvalue weighted by molar-refractivity contribution is -0.138. The number of anilines is 2. The number of nitrogens with zero attached hydrogens (tertiary/aromatic N) is 5. The normalized spacial score (nSPS) is 17.6. The number of alkyl halides is 3. The molecule has 0 aliphatic carbocycles. The number of hydrogen-bond acceptors (Lipinski definition) is 5. The van der Waals surface area contributed by atoms with Gasteiger partial charge in [-0.05, 0) is 19.1 Å². The molecule has 22 heavy (non-hydrogen) atoms. The predicted octanol–water partition coefficient (Wildman–Crippen LogP) is 1.61. The second-order valence-electron chi connectivity index (χ2n) is 4.86. The molecule has 0 bridgehead atoms. The molecule has 1 N–H and O–H groups in total. The maximum absolute atomic E-state index is 12.9. The molecule has 2 aromatic heterocycles. The molecular weight excluding hydrogens is 303 g/mol. The highest BCUT2D eigenvalue weighted by molar-refractivity contribution is 5.82. The van der Waals surface area contributed by atoms with E-state index >= 15 is 0 Å². The van der Waals surface area contributed by atoms with Gasteiger partial charge in [-0.2, -0.15) is 13.2 Å². The molecule has 0 saturated heterocycles. The predicted molar refractivity (Wildman–Crippen MR) is 67.6 cm³/mol. The maximum atomic E-state index is 12.9. The summed E-state index contributed by atoms with van der Waals surface area (Å²) >= 11 is 0. The second-order valence-corrected chi connectivity index (χ2v) is 4.86. The van der Waals surface area contributed by atoms with Crippen LogP contribution in [0.1, 0.15) is 11.3 Å². The van der Waals surface area contributed by atoms with E-state index in [0.717, 1.165) is 17.0 Å². The first-order valence-electron chi connectivity index (χ1n) is 6.23. The number of hydrogen-bond donors (Lipinski definition) is 1. The van der Waals surface area contributed by atoms with E-state index in [2.05, 4.69) is 15.2 Å². The maximum Gasteiger partial charge on any atom is 0.416 e. The Morgan fingerprint density at radius 3 is 2.77 bits per heavy atom. The van der Waals surface area contributed by atoms with Crippen molar-refractivity contribution in [1.29, 1.82) is 0 Å². The van der Waals surface area contributed by atoms with Gasteiger partial charge in [0.05, 0.1) is 12.1 Å². The van der Waals surface area contributed by atoms with Crippen LogP contribution in [0.25, 0.3) is 0 Å². The SMILES string of the molecule is Cc1cc(C(F)(F)F)cc(N2c3nncn3CC2C(=O)O)n1. The van der Waals surface area contributed by atoms with Crippen molar-refractivity contribution in [2.24, 2.45) is 0 Å². The van der Waals surface area contributed by atoms with Gasteiger partial charge in [0.15, 0.2) is 6.04 Å². The standard InChI is InChI=1S/C12H10F3N5O2/c1-6-2-7(12(13,14)15)3-9(17-6)20-8(10(21)22)4-19-5-16-18-11(19)20/h2-3,5,8H,4H2,1H3,(H,21,22). The quantitative estimate of drug-likeness (QED) is 0.906. The first-order chi connectivity index (χ1) is 10.3. The van der Waals surface area contributed by atoms with Crippen molar-refractivity contribution in [2.45, 2.75) is 25.7 Å². The number of carboxylic acids is 1. The summed E-state index contributed by atoms with van der Waals surface area (Å²) in [6, 6.07) is 0.633. The number of aryl methyl sites for hydroxylation is 1. The summed E-state index contributed by atoms with van der Waals surface area (Å²) in [5, 5.41) is 16.7. The lowest BCUT2D eigenvalue weighted by Crippen LogP contribution is -2.36. The van der Waals surface area contributed by atoms with E-state index in [1.54, 1.807) is 0 Å². The molecule has 7 nitrogen and oxygen atoms in total. The van der Waals surface area contributed by atoms with Crippen LogP contribution in [0.2, 0.25) is 0 Å². The van der Waals surface area contributed by atoms with Gasteiger partial charge in [0.25, 0.3) is 0 Å². The molecule has 116 valence electrons. The van der Waals surface area contributed by atoms with E-state index in [1.165, 1.54) is 17.8 Å². The molecule has 1 atom stereocenters. The van der Waals surface area contributed by atoms with Gasteiger partial charge < -0.3 is 5.11 Å². The third-order valence-corrected chi connectivity index (χ3v) is 3.29. The third kappa shape index (κ3) is 2.26. The number of aromatic nitrogens is 4. The van der Waals surface area contributed by atoms with Crippen LogP contribution >= 0.6 is 0 Å². The van der Waals surface area contributed by atoms with Crippen LogP contribution in [0.4, 0.5) is 24.9 Å². The zero-order chi connectivity index (χ0) is 16.1. The van der Waals surface area contributed by atoms with Gasteiger partial charge in [0.1, 0.15) is 12.1 Å². The minimum absolute atomic E-state index is 0.0363. The molecule has 3 heterocycles. The van der Waals surface area contributed by atoms with Crippen LogP contribution < -0.4 is 4.90 Å². The van der Waals surface area contributed by atoms with Crippen molar-refractivity contribution >= 4 is 17.7 Å². The fourth-order valence-electron chi connectivity index (χ4n) is 2.36. The van der Waals surface area contributed by atoms with E-state index < -0.39 is 23.8 Å². The van der Waals surface area contributed by atoms with Crippen LogP contribution in [0.15, 0.2) is 18.5 Å².